The number of aromatic amines is 1. The molecule has 0 saturated carbocycles. The van der Waals surface area contributed by atoms with Gasteiger partial charge in [0, 0.05) is 7.05 Å². The van der Waals surface area contributed by atoms with Gasteiger partial charge in [0.15, 0.2) is 0 Å². The van der Waals surface area contributed by atoms with E-state index in [2.05, 4.69) is 15.2 Å². The van der Waals surface area contributed by atoms with Crippen LogP contribution in [0.2, 0.25) is 0 Å². The second-order valence-corrected chi connectivity index (χ2v) is 2.28. The molecule has 0 aliphatic heterocycles. The van der Waals surface area contributed by atoms with Crippen LogP contribution in [-0.2, 0) is 7.05 Å². The van der Waals surface area contributed by atoms with Crippen LogP contribution in [0.4, 0.5) is 0 Å². The molecule has 2 aromatic heterocycles. The van der Waals surface area contributed by atoms with Crippen LogP contribution in [0.5, 0.6) is 0 Å². The van der Waals surface area contributed by atoms with Crippen LogP contribution in [0.3, 0.4) is 0 Å². The molecule has 0 spiro atoms. The van der Waals surface area contributed by atoms with Gasteiger partial charge in [-0.2, -0.15) is 10.2 Å². The Hall–Kier alpha value is -1.65. The maximum atomic E-state index is 11.0. The summed E-state index contributed by atoms with van der Waals surface area (Å²) in [7, 11) is 1.68. The number of nitrogens with one attached hydrogen (secondary N) is 1. The highest BCUT2D eigenvalue weighted by Crippen LogP contribution is 2.02. The summed E-state index contributed by atoms with van der Waals surface area (Å²) in [5, 5.41) is 7.29. The smallest absolute Gasteiger partial charge is 0.304 e. The molecule has 0 bridgehead atoms. The van der Waals surface area contributed by atoms with Crippen LogP contribution >= 0.6 is 0 Å². The normalized spacial score (nSPS) is 8.60. The summed E-state index contributed by atoms with van der Waals surface area (Å²) in [6, 6.07) is 0. The number of rotatable bonds is 0. The molecular formula is C10H18N4O. The highest BCUT2D eigenvalue weighted by atomic mass is 16.1. The van der Waals surface area contributed by atoms with Gasteiger partial charge in [0.1, 0.15) is 0 Å². The topological polar surface area (TPSA) is 63.6 Å². The minimum atomic E-state index is -0.144. The predicted molar refractivity (Wildman–Crippen MR) is 61.8 cm³/mol. The van der Waals surface area contributed by atoms with Gasteiger partial charge in [-0.1, -0.05) is 27.7 Å². The van der Waals surface area contributed by atoms with Gasteiger partial charge in [-0.15, -0.1) is 0 Å². The molecule has 0 aliphatic carbocycles. The van der Waals surface area contributed by atoms with Crippen LogP contribution in [0, 0.1) is 0 Å². The summed E-state index contributed by atoms with van der Waals surface area (Å²) in [5.41, 5.74) is 1.34. The van der Waals surface area contributed by atoms with Crippen molar-refractivity contribution in [3.8, 4) is 0 Å². The molecule has 15 heavy (non-hydrogen) atoms. The van der Waals surface area contributed by atoms with E-state index in [0.29, 0.717) is 5.52 Å². The molecule has 0 amide bonds. The van der Waals surface area contributed by atoms with Crippen LogP contribution in [0.1, 0.15) is 27.7 Å². The molecule has 0 fully saturated rings. The summed E-state index contributed by atoms with van der Waals surface area (Å²) in [6.45, 7) is 8.00. The monoisotopic (exact) mass is 210 g/mol. The lowest BCUT2D eigenvalue weighted by Crippen LogP contribution is -2.11. The number of imidazole rings is 1. The average Bonchev–Trinajstić information content (AvgIpc) is 2.61. The van der Waals surface area contributed by atoms with Gasteiger partial charge in [-0.05, 0) is 0 Å². The summed E-state index contributed by atoms with van der Waals surface area (Å²) >= 11 is 0. The average molecular weight is 210 g/mol. The summed E-state index contributed by atoms with van der Waals surface area (Å²) < 4.78 is 1.49. The van der Waals surface area contributed by atoms with E-state index in [4.69, 9.17) is 0 Å². The molecule has 0 aliphatic rings. The predicted octanol–water partition coefficient (Wildman–Crippen LogP) is 1.71. The second-order valence-electron chi connectivity index (χ2n) is 2.28. The third-order valence-corrected chi connectivity index (χ3v) is 1.62. The van der Waals surface area contributed by atoms with Gasteiger partial charge in [0.25, 0.3) is 0 Å². The minimum Gasteiger partial charge on any atom is -0.304 e. The van der Waals surface area contributed by atoms with Crippen LogP contribution in [0.15, 0.2) is 17.2 Å². The molecule has 84 valence electrons. The number of nitrogens with zero attached hydrogens (tertiary/aromatic N) is 3. The molecule has 2 heterocycles. The fraction of sp³-hybridized carbons (Fsp3) is 0.500. The van der Waals surface area contributed by atoms with Gasteiger partial charge in [0.05, 0.1) is 23.4 Å². The van der Waals surface area contributed by atoms with Gasteiger partial charge in [-0.25, -0.2) is 4.79 Å². The summed E-state index contributed by atoms with van der Waals surface area (Å²) in [6.07, 6.45) is 3.07. The molecule has 0 radical (unpaired) electrons. The Morgan fingerprint density at radius 1 is 1.13 bits per heavy atom. The lowest BCUT2D eigenvalue weighted by Gasteiger charge is -1.88. The lowest BCUT2D eigenvalue weighted by molar-refractivity contribution is 0.887. The molecule has 2 aromatic rings. The minimum absolute atomic E-state index is 0.144. The quantitative estimate of drug-likeness (QED) is 0.720. The van der Waals surface area contributed by atoms with E-state index in [1.807, 2.05) is 27.7 Å². The Morgan fingerprint density at radius 2 is 1.67 bits per heavy atom. The third kappa shape index (κ3) is 2.90. The number of hydrogen-bond acceptors (Lipinski definition) is 3. The van der Waals surface area contributed by atoms with Gasteiger partial charge in [-0.3, -0.25) is 4.57 Å². The summed E-state index contributed by atoms with van der Waals surface area (Å²) in [5.74, 6) is 0. The third-order valence-electron chi connectivity index (χ3n) is 1.62. The number of aryl methyl sites for hydroxylation is 1. The Balaban J connectivity index is 0.000000442. The van der Waals surface area contributed by atoms with Gasteiger partial charge < -0.3 is 4.98 Å². The van der Waals surface area contributed by atoms with Crippen LogP contribution < -0.4 is 5.69 Å². The van der Waals surface area contributed by atoms with Crippen molar-refractivity contribution in [1.29, 1.82) is 0 Å². The fourth-order valence-electron chi connectivity index (χ4n) is 0.987. The van der Waals surface area contributed by atoms with E-state index >= 15 is 0 Å². The Kier molecular flexibility index (Phi) is 6.01. The van der Waals surface area contributed by atoms with E-state index in [1.165, 1.54) is 10.8 Å². The highest BCUT2D eigenvalue weighted by molar-refractivity contribution is 5.72. The Labute approximate surface area is 89.2 Å². The van der Waals surface area contributed by atoms with E-state index in [9.17, 15) is 4.79 Å². The number of aromatic nitrogens is 4. The lowest BCUT2D eigenvalue weighted by atomic mass is 10.5. The standard InChI is InChI=1S/C6H6N4O.2C2H6/c1-10-5-3-8-7-2-4(5)9-6(10)11;2*1-2/h2-3H,1H3,(H,9,11);2*1-2H3. The van der Waals surface area contributed by atoms with Crippen molar-refractivity contribution in [3.05, 3.63) is 22.9 Å². The van der Waals surface area contributed by atoms with E-state index < -0.39 is 0 Å². The van der Waals surface area contributed by atoms with Gasteiger partial charge in [0.2, 0.25) is 0 Å². The molecule has 0 aromatic carbocycles. The first-order valence-corrected chi connectivity index (χ1v) is 5.14. The molecular weight excluding hydrogens is 192 g/mol. The van der Waals surface area contributed by atoms with E-state index in [-0.39, 0.29) is 5.69 Å². The first-order valence-electron chi connectivity index (χ1n) is 5.14. The zero-order valence-corrected chi connectivity index (χ0v) is 9.90. The van der Waals surface area contributed by atoms with Crippen molar-refractivity contribution in [3.63, 3.8) is 0 Å². The van der Waals surface area contributed by atoms with Crippen LogP contribution in [-0.4, -0.2) is 19.7 Å². The number of hydrogen-bond donors (Lipinski definition) is 1. The van der Waals surface area contributed by atoms with E-state index in [1.54, 1.807) is 13.2 Å². The molecule has 0 unspecified atom stereocenters. The second kappa shape index (κ2) is 6.75. The zero-order valence-electron chi connectivity index (χ0n) is 9.90. The van der Waals surface area contributed by atoms with Crippen molar-refractivity contribution in [2.45, 2.75) is 27.7 Å². The SMILES string of the molecule is CC.CC.Cn1c(=O)[nH]c2cnncc21. The first kappa shape index (κ1) is 13.4. The van der Waals surface area contributed by atoms with Crippen LogP contribution in [0.25, 0.3) is 11.0 Å². The molecule has 0 atom stereocenters. The molecule has 1 N–H and O–H groups in total. The van der Waals surface area contributed by atoms with Crippen molar-refractivity contribution in [2.75, 3.05) is 0 Å². The molecule has 5 nitrogen and oxygen atoms in total. The van der Waals surface area contributed by atoms with E-state index in [0.717, 1.165) is 5.52 Å². The van der Waals surface area contributed by atoms with Crippen molar-refractivity contribution < 1.29 is 0 Å². The molecule has 2 rings (SSSR count). The Morgan fingerprint density at radius 3 is 2.20 bits per heavy atom. The van der Waals surface area contributed by atoms with Gasteiger partial charge >= 0.3 is 5.69 Å². The molecule has 0 saturated heterocycles. The van der Waals surface area contributed by atoms with Crippen molar-refractivity contribution >= 4 is 11.0 Å². The van der Waals surface area contributed by atoms with Crippen molar-refractivity contribution in [2.24, 2.45) is 7.05 Å². The Bertz CT molecular complexity index is 444. The molecule has 5 heteroatoms. The largest absolute Gasteiger partial charge is 0.326 e. The zero-order chi connectivity index (χ0) is 11.8. The number of H-pyrrole nitrogens is 1. The maximum absolute atomic E-state index is 11.0. The first-order chi connectivity index (χ1) is 7.29. The maximum Gasteiger partial charge on any atom is 0.326 e. The number of fused-ring (bicyclic) bond motifs is 1. The van der Waals surface area contributed by atoms with Crippen molar-refractivity contribution in [1.82, 2.24) is 19.7 Å². The summed E-state index contributed by atoms with van der Waals surface area (Å²) in [4.78, 5) is 13.6. The highest BCUT2D eigenvalue weighted by Gasteiger charge is 2.00. The fourth-order valence-corrected chi connectivity index (χ4v) is 0.987.